The van der Waals surface area contributed by atoms with Crippen LogP contribution in [0.3, 0.4) is 0 Å². The van der Waals surface area contributed by atoms with Gasteiger partial charge in [0.05, 0.1) is 16.5 Å². The first-order valence-corrected chi connectivity index (χ1v) is 8.41. The fourth-order valence-electron chi connectivity index (χ4n) is 2.51. The van der Waals surface area contributed by atoms with E-state index in [-0.39, 0.29) is 10.3 Å². The Kier molecular flexibility index (Phi) is 4.17. The van der Waals surface area contributed by atoms with Crippen molar-refractivity contribution < 1.29 is 8.42 Å². The zero-order chi connectivity index (χ0) is 14.8. The van der Waals surface area contributed by atoms with Crippen LogP contribution in [0, 0.1) is 23.7 Å². The van der Waals surface area contributed by atoms with E-state index in [0.29, 0.717) is 17.7 Å². The molecule has 0 radical (unpaired) electrons. The molecule has 5 heteroatoms. The second kappa shape index (κ2) is 5.55. The average molecular weight is 292 g/mol. The summed E-state index contributed by atoms with van der Waals surface area (Å²) >= 11 is 0. The molecule has 0 aromatic heterocycles. The molecule has 0 unspecified atom stereocenters. The van der Waals surface area contributed by atoms with Crippen LogP contribution in [-0.4, -0.2) is 15.0 Å². The Hall–Kier alpha value is -1.38. The maximum absolute atomic E-state index is 12.4. The van der Waals surface area contributed by atoms with E-state index in [2.05, 4.69) is 11.6 Å². The highest BCUT2D eigenvalue weighted by Gasteiger charge is 2.42. The van der Waals surface area contributed by atoms with Gasteiger partial charge in [0.15, 0.2) is 0 Å². The van der Waals surface area contributed by atoms with Crippen LogP contribution < -0.4 is 4.72 Å². The minimum absolute atomic E-state index is 0.169. The summed E-state index contributed by atoms with van der Waals surface area (Å²) in [7, 11) is -3.54. The van der Waals surface area contributed by atoms with Gasteiger partial charge in [-0.1, -0.05) is 19.4 Å². The molecule has 0 heterocycles. The Morgan fingerprint density at radius 2 is 2.10 bits per heavy atom. The maximum atomic E-state index is 12.4. The van der Waals surface area contributed by atoms with Crippen molar-refractivity contribution in [1.29, 1.82) is 5.26 Å². The predicted molar refractivity (Wildman–Crippen MR) is 77.7 cm³/mol. The molecular formula is C15H20N2O2S. The van der Waals surface area contributed by atoms with Crippen molar-refractivity contribution in [1.82, 2.24) is 4.72 Å². The number of nitrogens with one attached hydrogen (secondary N) is 1. The topological polar surface area (TPSA) is 70.0 Å². The smallest absolute Gasteiger partial charge is 0.211 e. The summed E-state index contributed by atoms with van der Waals surface area (Å²) < 4.78 is 27.5. The molecule has 0 saturated heterocycles. The fourth-order valence-corrected chi connectivity index (χ4v) is 3.93. The molecule has 0 spiro atoms. The summed E-state index contributed by atoms with van der Waals surface area (Å²) in [5.41, 5.74) is 1.20. The predicted octanol–water partition coefficient (Wildman–Crippen LogP) is 2.73. The SMILES string of the molecule is CCCC1(CNS(=O)(=O)c2cc(C#N)ccc2C)CC1. The lowest BCUT2D eigenvalue weighted by Crippen LogP contribution is -2.30. The lowest BCUT2D eigenvalue weighted by molar-refractivity contribution is 0.449. The van der Waals surface area contributed by atoms with Crippen molar-refractivity contribution in [3.63, 3.8) is 0 Å². The third-order valence-electron chi connectivity index (χ3n) is 3.98. The highest BCUT2D eigenvalue weighted by Crippen LogP contribution is 2.49. The largest absolute Gasteiger partial charge is 0.240 e. The Bertz CT molecular complexity index is 640. The fraction of sp³-hybridized carbons (Fsp3) is 0.533. The summed E-state index contributed by atoms with van der Waals surface area (Å²) in [5.74, 6) is 0. The van der Waals surface area contributed by atoms with Gasteiger partial charge in [-0.15, -0.1) is 0 Å². The summed E-state index contributed by atoms with van der Waals surface area (Å²) in [5, 5.41) is 8.89. The minimum Gasteiger partial charge on any atom is -0.211 e. The van der Waals surface area contributed by atoms with E-state index in [1.165, 1.54) is 6.07 Å². The summed E-state index contributed by atoms with van der Waals surface area (Å²) in [4.78, 5) is 0.212. The zero-order valence-corrected chi connectivity index (χ0v) is 12.8. The standard InChI is InChI=1S/C15H20N2O2S/c1-3-6-15(7-8-15)11-17-20(18,19)14-9-13(10-16)5-4-12(14)2/h4-5,9,17H,3,6-8,11H2,1-2H3. The van der Waals surface area contributed by atoms with Crippen LogP contribution in [0.25, 0.3) is 0 Å². The number of benzene rings is 1. The quantitative estimate of drug-likeness (QED) is 0.876. The molecule has 2 rings (SSSR count). The number of nitriles is 1. The molecule has 1 fully saturated rings. The van der Waals surface area contributed by atoms with Gasteiger partial charge in [-0.25, -0.2) is 13.1 Å². The molecule has 1 aliphatic carbocycles. The third-order valence-corrected chi connectivity index (χ3v) is 5.52. The number of hydrogen-bond acceptors (Lipinski definition) is 3. The van der Waals surface area contributed by atoms with Gasteiger partial charge in [0.25, 0.3) is 0 Å². The highest BCUT2D eigenvalue weighted by atomic mass is 32.2. The van der Waals surface area contributed by atoms with Crippen LogP contribution in [0.4, 0.5) is 0 Å². The van der Waals surface area contributed by atoms with E-state index in [9.17, 15) is 8.42 Å². The minimum atomic E-state index is -3.54. The van der Waals surface area contributed by atoms with Gasteiger partial charge >= 0.3 is 0 Å². The van der Waals surface area contributed by atoms with Gasteiger partial charge in [-0.3, -0.25) is 0 Å². The van der Waals surface area contributed by atoms with Crippen molar-refractivity contribution in [2.75, 3.05) is 6.54 Å². The molecule has 1 aliphatic rings. The number of nitrogens with zero attached hydrogens (tertiary/aromatic N) is 1. The molecule has 1 aromatic rings. The highest BCUT2D eigenvalue weighted by molar-refractivity contribution is 7.89. The van der Waals surface area contributed by atoms with E-state index >= 15 is 0 Å². The zero-order valence-electron chi connectivity index (χ0n) is 11.9. The van der Waals surface area contributed by atoms with E-state index in [0.717, 1.165) is 25.7 Å². The molecule has 1 saturated carbocycles. The molecule has 4 nitrogen and oxygen atoms in total. The van der Waals surface area contributed by atoms with Gasteiger partial charge in [0.1, 0.15) is 0 Å². The molecule has 20 heavy (non-hydrogen) atoms. The molecule has 1 N–H and O–H groups in total. The van der Waals surface area contributed by atoms with Crippen LogP contribution in [0.15, 0.2) is 23.1 Å². The molecule has 1 aromatic carbocycles. The third kappa shape index (κ3) is 3.20. The molecule has 0 bridgehead atoms. The molecule has 108 valence electrons. The normalized spacial score (nSPS) is 16.6. The Labute approximate surface area is 120 Å². The molecular weight excluding hydrogens is 272 g/mol. The Morgan fingerprint density at radius 1 is 1.40 bits per heavy atom. The lowest BCUT2D eigenvalue weighted by Gasteiger charge is -2.16. The second-order valence-electron chi connectivity index (χ2n) is 5.67. The number of sulfonamides is 1. The van der Waals surface area contributed by atoms with Gasteiger partial charge in [-0.2, -0.15) is 5.26 Å². The van der Waals surface area contributed by atoms with E-state index in [4.69, 9.17) is 5.26 Å². The van der Waals surface area contributed by atoms with Gasteiger partial charge in [0.2, 0.25) is 10.0 Å². The van der Waals surface area contributed by atoms with E-state index < -0.39 is 10.0 Å². The van der Waals surface area contributed by atoms with Crippen molar-refractivity contribution in [3.8, 4) is 6.07 Å². The van der Waals surface area contributed by atoms with Crippen LogP contribution in [0.1, 0.15) is 43.7 Å². The Morgan fingerprint density at radius 3 is 2.65 bits per heavy atom. The Balaban J connectivity index is 2.17. The van der Waals surface area contributed by atoms with Crippen LogP contribution in [0.2, 0.25) is 0 Å². The summed E-state index contributed by atoms with van der Waals surface area (Å²) in [6.45, 7) is 4.36. The first-order valence-electron chi connectivity index (χ1n) is 6.93. The first-order chi connectivity index (χ1) is 9.42. The second-order valence-corrected chi connectivity index (χ2v) is 7.40. The van der Waals surface area contributed by atoms with Crippen LogP contribution in [-0.2, 0) is 10.0 Å². The number of aryl methyl sites for hydroxylation is 1. The van der Waals surface area contributed by atoms with Gasteiger partial charge in [-0.05, 0) is 49.3 Å². The van der Waals surface area contributed by atoms with E-state index in [1.54, 1.807) is 19.1 Å². The summed E-state index contributed by atoms with van der Waals surface area (Å²) in [6.07, 6.45) is 4.33. The van der Waals surface area contributed by atoms with E-state index in [1.807, 2.05) is 6.07 Å². The van der Waals surface area contributed by atoms with Crippen molar-refractivity contribution in [2.45, 2.75) is 44.4 Å². The van der Waals surface area contributed by atoms with Crippen molar-refractivity contribution >= 4 is 10.0 Å². The number of rotatable bonds is 6. The summed E-state index contributed by atoms with van der Waals surface area (Å²) in [6, 6.07) is 6.73. The average Bonchev–Trinajstić information content (AvgIpc) is 3.18. The first kappa shape index (κ1) is 15.0. The van der Waals surface area contributed by atoms with Crippen LogP contribution in [0.5, 0.6) is 0 Å². The number of hydrogen-bond donors (Lipinski definition) is 1. The lowest BCUT2D eigenvalue weighted by atomic mass is 10.0. The van der Waals surface area contributed by atoms with Gasteiger partial charge in [0, 0.05) is 6.54 Å². The molecule has 0 amide bonds. The van der Waals surface area contributed by atoms with Crippen LogP contribution >= 0.6 is 0 Å². The maximum Gasteiger partial charge on any atom is 0.240 e. The molecule has 0 atom stereocenters. The van der Waals surface area contributed by atoms with Crippen molar-refractivity contribution in [2.24, 2.45) is 5.41 Å². The molecule has 0 aliphatic heterocycles. The monoisotopic (exact) mass is 292 g/mol. The van der Waals surface area contributed by atoms with Crippen molar-refractivity contribution in [3.05, 3.63) is 29.3 Å². The van der Waals surface area contributed by atoms with Gasteiger partial charge < -0.3 is 0 Å².